The molecule has 0 saturated carbocycles. The summed E-state index contributed by atoms with van der Waals surface area (Å²) >= 11 is 0. The van der Waals surface area contributed by atoms with Crippen molar-refractivity contribution in [2.24, 2.45) is 11.8 Å². The van der Waals surface area contributed by atoms with Crippen LogP contribution in [0.4, 0.5) is 0 Å². The molecule has 1 N–H and O–H groups in total. The Morgan fingerprint density at radius 2 is 1.84 bits per heavy atom. The Morgan fingerprint density at radius 3 is 2.32 bits per heavy atom. The summed E-state index contributed by atoms with van der Waals surface area (Å²) in [6, 6.07) is 9.43. The Kier molecular flexibility index (Phi) is 5.70. The smallest absolute Gasteiger partial charge is 0.311 e. The van der Waals surface area contributed by atoms with Crippen LogP contribution in [0.15, 0.2) is 30.3 Å². The number of carbonyl (C=O) groups is 2. The average Bonchev–Trinajstić information content (AvgIpc) is 2.43. The summed E-state index contributed by atoms with van der Waals surface area (Å²) < 4.78 is 4.60. The summed E-state index contributed by atoms with van der Waals surface area (Å²) in [5, 5.41) is 10.2. The van der Waals surface area contributed by atoms with Crippen LogP contribution in [0, 0.1) is 11.8 Å². The Hall–Kier alpha value is -1.68. The first-order chi connectivity index (χ1) is 8.97. The van der Waals surface area contributed by atoms with Crippen molar-refractivity contribution in [3.8, 4) is 0 Å². The van der Waals surface area contributed by atoms with E-state index in [2.05, 4.69) is 4.74 Å². The maximum atomic E-state index is 11.7. The molecule has 4 heteroatoms. The van der Waals surface area contributed by atoms with Crippen molar-refractivity contribution >= 4 is 11.8 Å². The molecular weight excluding hydrogens is 244 g/mol. The van der Waals surface area contributed by atoms with Crippen LogP contribution in [-0.4, -0.2) is 30.1 Å². The number of esters is 1. The van der Waals surface area contributed by atoms with Crippen LogP contribution in [0.1, 0.15) is 19.4 Å². The highest BCUT2D eigenvalue weighted by atomic mass is 16.5. The van der Waals surface area contributed by atoms with E-state index in [1.165, 1.54) is 14.0 Å². The minimum atomic E-state index is -1.04. The van der Waals surface area contributed by atoms with Gasteiger partial charge in [-0.25, -0.2) is 0 Å². The highest BCUT2D eigenvalue weighted by Crippen LogP contribution is 2.20. The largest absolute Gasteiger partial charge is 0.469 e. The molecule has 0 aliphatic heterocycles. The number of ether oxygens (including phenoxy) is 1. The average molecular weight is 264 g/mol. The van der Waals surface area contributed by atoms with Crippen LogP contribution in [-0.2, 0) is 20.7 Å². The second-order valence-electron chi connectivity index (χ2n) is 4.71. The summed E-state index contributed by atoms with van der Waals surface area (Å²) in [4.78, 5) is 23.1. The molecule has 0 aliphatic carbocycles. The van der Waals surface area contributed by atoms with Gasteiger partial charge in [-0.3, -0.25) is 9.59 Å². The zero-order chi connectivity index (χ0) is 14.4. The number of benzene rings is 1. The van der Waals surface area contributed by atoms with E-state index in [4.69, 9.17) is 0 Å². The van der Waals surface area contributed by atoms with Crippen LogP contribution in [0.2, 0.25) is 0 Å². The third kappa shape index (κ3) is 4.17. The Bertz CT molecular complexity index is 427. The SMILES string of the molecule is COC(=O)[C@H](C)[C@@H](O)[C@H](Cc1ccccc1)C(C)=O. The molecule has 0 amide bonds. The Morgan fingerprint density at radius 1 is 1.26 bits per heavy atom. The number of Topliss-reactive ketones (excluding diaryl/α,β-unsaturated/α-hetero) is 1. The van der Waals surface area contributed by atoms with Gasteiger partial charge in [0.15, 0.2) is 0 Å². The molecule has 0 fully saturated rings. The molecular formula is C15H20O4. The number of methoxy groups -OCH3 is 1. The fourth-order valence-corrected chi connectivity index (χ4v) is 2.05. The van der Waals surface area contributed by atoms with Crippen molar-refractivity contribution in [3.63, 3.8) is 0 Å². The zero-order valence-corrected chi connectivity index (χ0v) is 11.5. The van der Waals surface area contributed by atoms with Gasteiger partial charge in [0.05, 0.1) is 19.1 Å². The number of rotatable bonds is 6. The van der Waals surface area contributed by atoms with E-state index in [1.807, 2.05) is 30.3 Å². The molecule has 19 heavy (non-hydrogen) atoms. The first kappa shape index (κ1) is 15.4. The zero-order valence-electron chi connectivity index (χ0n) is 11.5. The maximum absolute atomic E-state index is 11.7. The van der Waals surface area contributed by atoms with Gasteiger partial charge in [0.1, 0.15) is 5.78 Å². The van der Waals surface area contributed by atoms with Gasteiger partial charge >= 0.3 is 5.97 Å². The van der Waals surface area contributed by atoms with Crippen molar-refractivity contribution in [2.75, 3.05) is 7.11 Å². The molecule has 0 radical (unpaired) electrons. The lowest BCUT2D eigenvalue weighted by Crippen LogP contribution is -2.37. The van der Waals surface area contributed by atoms with Gasteiger partial charge in [-0.1, -0.05) is 30.3 Å². The standard InChI is InChI=1S/C15H20O4/c1-10(15(18)19-3)14(17)13(11(2)16)9-12-7-5-4-6-8-12/h4-8,10,13-14,17H,9H2,1-3H3/t10-,13-,14-/m1/s1. The molecule has 4 nitrogen and oxygen atoms in total. The predicted molar refractivity (Wildman–Crippen MR) is 71.5 cm³/mol. The Labute approximate surface area is 113 Å². The molecule has 0 spiro atoms. The van der Waals surface area contributed by atoms with Crippen molar-refractivity contribution in [2.45, 2.75) is 26.4 Å². The summed E-state index contributed by atoms with van der Waals surface area (Å²) in [5.41, 5.74) is 0.957. The van der Waals surface area contributed by atoms with Gasteiger partial charge in [-0.15, -0.1) is 0 Å². The van der Waals surface area contributed by atoms with Crippen molar-refractivity contribution in [1.29, 1.82) is 0 Å². The second kappa shape index (κ2) is 7.04. The minimum absolute atomic E-state index is 0.132. The lowest BCUT2D eigenvalue weighted by atomic mass is 9.85. The molecule has 0 aliphatic rings. The number of aliphatic hydroxyl groups excluding tert-OH is 1. The molecule has 0 aromatic heterocycles. The van der Waals surface area contributed by atoms with E-state index in [1.54, 1.807) is 6.92 Å². The summed E-state index contributed by atoms with van der Waals surface area (Å²) in [6.07, 6.45) is -0.622. The normalized spacial score (nSPS) is 15.4. The van der Waals surface area contributed by atoms with Crippen LogP contribution >= 0.6 is 0 Å². The lowest BCUT2D eigenvalue weighted by molar-refractivity contribution is -0.150. The van der Waals surface area contributed by atoms with Gasteiger partial charge in [-0.05, 0) is 25.8 Å². The summed E-state index contributed by atoms with van der Waals surface area (Å²) in [7, 11) is 1.27. The van der Waals surface area contributed by atoms with Crippen molar-refractivity contribution in [1.82, 2.24) is 0 Å². The first-order valence-corrected chi connectivity index (χ1v) is 6.27. The molecule has 0 saturated heterocycles. The highest BCUT2D eigenvalue weighted by molar-refractivity contribution is 5.81. The molecule has 0 bridgehead atoms. The fourth-order valence-electron chi connectivity index (χ4n) is 2.05. The van der Waals surface area contributed by atoms with Gasteiger partial charge in [-0.2, -0.15) is 0 Å². The topological polar surface area (TPSA) is 63.6 Å². The number of hydrogen-bond acceptors (Lipinski definition) is 4. The minimum Gasteiger partial charge on any atom is -0.469 e. The van der Waals surface area contributed by atoms with Crippen molar-refractivity contribution in [3.05, 3.63) is 35.9 Å². The summed E-state index contributed by atoms with van der Waals surface area (Å²) in [6.45, 7) is 3.00. The van der Waals surface area contributed by atoms with E-state index >= 15 is 0 Å². The fraction of sp³-hybridized carbons (Fsp3) is 0.467. The van der Waals surface area contributed by atoms with E-state index < -0.39 is 23.9 Å². The van der Waals surface area contributed by atoms with Crippen LogP contribution in [0.3, 0.4) is 0 Å². The van der Waals surface area contributed by atoms with Gasteiger partial charge in [0, 0.05) is 5.92 Å². The molecule has 1 aromatic carbocycles. The number of hydrogen-bond donors (Lipinski definition) is 1. The monoisotopic (exact) mass is 264 g/mol. The number of aliphatic hydroxyl groups is 1. The number of ketones is 1. The molecule has 1 rings (SSSR count). The van der Waals surface area contributed by atoms with E-state index in [-0.39, 0.29) is 5.78 Å². The van der Waals surface area contributed by atoms with Crippen molar-refractivity contribution < 1.29 is 19.4 Å². The summed E-state index contributed by atoms with van der Waals surface area (Å²) in [5.74, 6) is -1.96. The van der Waals surface area contributed by atoms with Crippen LogP contribution < -0.4 is 0 Å². The molecule has 1 aromatic rings. The quantitative estimate of drug-likeness (QED) is 0.793. The third-order valence-corrected chi connectivity index (χ3v) is 3.32. The maximum Gasteiger partial charge on any atom is 0.311 e. The van der Waals surface area contributed by atoms with E-state index in [0.717, 1.165) is 5.56 Å². The predicted octanol–water partition coefficient (Wildman–Crippen LogP) is 1.60. The first-order valence-electron chi connectivity index (χ1n) is 6.27. The Balaban J connectivity index is 2.83. The van der Waals surface area contributed by atoms with Crippen LogP contribution in [0.25, 0.3) is 0 Å². The number of carbonyl (C=O) groups excluding carboxylic acids is 2. The molecule has 0 unspecified atom stereocenters. The molecule has 3 atom stereocenters. The van der Waals surface area contributed by atoms with Gasteiger partial charge < -0.3 is 9.84 Å². The highest BCUT2D eigenvalue weighted by Gasteiger charge is 2.32. The van der Waals surface area contributed by atoms with E-state index in [9.17, 15) is 14.7 Å². The van der Waals surface area contributed by atoms with E-state index in [0.29, 0.717) is 6.42 Å². The van der Waals surface area contributed by atoms with Crippen LogP contribution in [0.5, 0.6) is 0 Å². The molecule has 104 valence electrons. The third-order valence-electron chi connectivity index (χ3n) is 3.32. The van der Waals surface area contributed by atoms with Gasteiger partial charge in [0.25, 0.3) is 0 Å². The molecule has 0 heterocycles. The lowest BCUT2D eigenvalue weighted by Gasteiger charge is -2.24. The van der Waals surface area contributed by atoms with Gasteiger partial charge in [0.2, 0.25) is 0 Å². The second-order valence-corrected chi connectivity index (χ2v) is 4.71.